The van der Waals surface area contributed by atoms with Crippen molar-refractivity contribution in [2.24, 2.45) is 0 Å². The summed E-state index contributed by atoms with van der Waals surface area (Å²) in [6.07, 6.45) is 0. The number of nitrogens with zero attached hydrogens (tertiary/aromatic N) is 2. The van der Waals surface area contributed by atoms with E-state index < -0.39 is 0 Å². The van der Waals surface area contributed by atoms with E-state index in [0.29, 0.717) is 0 Å². The standard InChI is InChI=1S/C35H34N2/c1-26-5-13-30(14-6-26)25-36(31-15-7-27(2)8-16-31)32-21-23-35(24-22-32)37(33-17-9-28(3)10-18-33)34-19-11-29(4)12-20-34/h5-24H,25H2,1-4H3. The highest BCUT2D eigenvalue weighted by molar-refractivity contribution is 5.78. The number of rotatable bonds is 7. The van der Waals surface area contributed by atoms with Crippen molar-refractivity contribution < 1.29 is 0 Å². The van der Waals surface area contributed by atoms with Gasteiger partial charge in [0.05, 0.1) is 0 Å². The van der Waals surface area contributed by atoms with Gasteiger partial charge in [-0.1, -0.05) is 82.9 Å². The van der Waals surface area contributed by atoms with Crippen LogP contribution < -0.4 is 9.80 Å². The first-order valence-electron chi connectivity index (χ1n) is 12.9. The van der Waals surface area contributed by atoms with Crippen LogP contribution in [0.2, 0.25) is 0 Å². The molecule has 184 valence electrons. The Bertz CT molecular complexity index is 1390. The van der Waals surface area contributed by atoms with Crippen molar-refractivity contribution >= 4 is 28.4 Å². The summed E-state index contributed by atoms with van der Waals surface area (Å²) in [5.74, 6) is 0. The molecule has 0 radical (unpaired) electrons. The summed E-state index contributed by atoms with van der Waals surface area (Å²) in [6, 6.07) is 44.0. The zero-order valence-electron chi connectivity index (χ0n) is 22.1. The molecule has 0 fully saturated rings. The Morgan fingerprint density at radius 2 is 0.622 bits per heavy atom. The van der Waals surface area contributed by atoms with Crippen LogP contribution in [0.25, 0.3) is 0 Å². The Morgan fingerprint density at radius 1 is 0.351 bits per heavy atom. The summed E-state index contributed by atoms with van der Waals surface area (Å²) in [5.41, 5.74) is 12.1. The minimum atomic E-state index is 0.808. The predicted octanol–water partition coefficient (Wildman–Crippen LogP) is 9.73. The normalized spacial score (nSPS) is 10.8. The van der Waals surface area contributed by atoms with Crippen molar-refractivity contribution in [2.45, 2.75) is 34.2 Å². The molecule has 0 aliphatic heterocycles. The maximum Gasteiger partial charge on any atom is 0.0481 e. The van der Waals surface area contributed by atoms with Crippen molar-refractivity contribution in [3.8, 4) is 0 Å². The monoisotopic (exact) mass is 482 g/mol. The predicted molar refractivity (Wildman–Crippen MR) is 159 cm³/mol. The number of aryl methyl sites for hydroxylation is 4. The molecule has 5 aromatic rings. The van der Waals surface area contributed by atoms with Gasteiger partial charge in [-0.25, -0.2) is 0 Å². The van der Waals surface area contributed by atoms with Gasteiger partial charge in [0.1, 0.15) is 0 Å². The van der Waals surface area contributed by atoms with Crippen molar-refractivity contribution in [3.05, 3.63) is 149 Å². The first kappa shape index (κ1) is 24.4. The highest BCUT2D eigenvalue weighted by Crippen LogP contribution is 2.37. The molecule has 0 aliphatic carbocycles. The summed E-state index contributed by atoms with van der Waals surface area (Å²) >= 11 is 0. The Kier molecular flexibility index (Phi) is 7.09. The Morgan fingerprint density at radius 3 is 1.00 bits per heavy atom. The van der Waals surface area contributed by atoms with Crippen LogP contribution in [0, 0.1) is 27.7 Å². The van der Waals surface area contributed by atoms with Gasteiger partial charge in [0, 0.05) is 35.0 Å². The fraction of sp³-hybridized carbons (Fsp3) is 0.143. The van der Waals surface area contributed by atoms with Crippen molar-refractivity contribution in [1.29, 1.82) is 0 Å². The summed E-state index contributed by atoms with van der Waals surface area (Å²) in [6.45, 7) is 9.33. The van der Waals surface area contributed by atoms with Crippen molar-refractivity contribution in [3.63, 3.8) is 0 Å². The van der Waals surface area contributed by atoms with Crippen LogP contribution in [0.15, 0.2) is 121 Å². The second-order valence-corrected chi connectivity index (χ2v) is 9.93. The maximum absolute atomic E-state index is 2.38. The highest BCUT2D eigenvalue weighted by Gasteiger charge is 2.15. The Hall–Kier alpha value is -4.30. The lowest BCUT2D eigenvalue weighted by Crippen LogP contribution is -2.17. The molecular weight excluding hydrogens is 448 g/mol. The van der Waals surface area contributed by atoms with Gasteiger partial charge >= 0.3 is 0 Å². The quantitative estimate of drug-likeness (QED) is 0.228. The van der Waals surface area contributed by atoms with Crippen LogP contribution in [0.4, 0.5) is 28.4 Å². The smallest absolute Gasteiger partial charge is 0.0481 e. The molecule has 0 amide bonds. The SMILES string of the molecule is Cc1ccc(CN(c2ccc(C)cc2)c2ccc(N(c3ccc(C)cc3)c3ccc(C)cc3)cc2)cc1. The van der Waals surface area contributed by atoms with Gasteiger partial charge in [-0.2, -0.15) is 0 Å². The average molecular weight is 483 g/mol. The molecule has 2 heteroatoms. The second kappa shape index (κ2) is 10.8. The van der Waals surface area contributed by atoms with Gasteiger partial charge in [0.15, 0.2) is 0 Å². The van der Waals surface area contributed by atoms with Gasteiger partial charge in [-0.05, 0) is 93.9 Å². The molecule has 0 N–H and O–H groups in total. The van der Waals surface area contributed by atoms with Gasteiger partial charge in [0.2, 0.25) is 0 Å². The fourth-order valence-corrected chi connectivity index (χ4v) is 4.55. The molecule has 5 aromatic carbocycles. The molecule has 0 saturated heterocycles. The molecule has 0 aromatic heterocycles. The molecule has 0 unspecified atom stereocenters. The maximum atomic E-state index is 2.38. The molecule has 0 spiro atoms. The summed E-state index contributed by atoms with van der Waals surface area (Å²) in [4.78, 5) is 4.70. The second-order valence-electron chi connectivity index (χ2n) is 9.93. The lowest BCUT2D eigenvalue weighted by atomic mass is 10.1. The lowest BCUT2D eigenvalue weighted by Gasteiger charge is -2.28. The van der Waals surface area contributed by atoms with Crippen LogP contribution in [0.3, 0.4) is 0 Å². The van der Waals surface area contributed by atoms with E-state index in [-0.39, 0.29) is 0 Å². The molecule has 37 heavy (non-hydrogen) atoms. The minimum Gasteiger partial charge on any atom is -0.337 e. The van der Waals surface area contributed by atoms with Gasteiger partial charge < -0.3 is 9.80 Å². The third kappa shape index (κ3) is 5.76. The van der Waals surface area contributed by atoms with Gasteiger partial charge in [0.25, 0.3) is 0 Å². The molecule has 5 rings (SSSR count). The van der Waals surface area contributed by atoms with E-state index in [2.05, 4.69) is 159 Å². The number of anilines is 5. The molecule has 0 bridgehead atoms. The third-order valence-corrected chi connectivity index (χ3v) is 6.81. The van der Waals surface area contributed by atoms with Crippen LogP contribution in [0.5, 0.6) is 0 Å². The van der Waals surface area contributed by atoms with Crippen molar-refractivity contribution in [1.82, 2.24) is 0 Å². The van der Waals surface area contributed by atoms with E-state index in [1.165, 1.54) is 39.2 Å². The number of hydrogen-bond donors (Lipinski definition) is 0. The third-order valence-electron chi connectivity index (χ3n) is 6.81. The van der Waals surface area contributed by atoms with Crippen LogP contribution in [0.1, 0.15) is 27.8 Å². The van der Waals surface area contributed by atoms with Gasteiger partial charge in [-0.3, -0.25) is 0 Å². The number of benzene rings is 5. The Labute approximate surface area is 221 Å². The van der Waals surface area contributed by atoms with Crippen molar-refractivity contribution in [2.75, 3.05) is 9.80 Å². The zero-order valence-corrected chi connectivity index (χ0v) is 22.1. The first-order valence-corrected chi connectivity index (χ1v) is 12.9. The largest absolute Gasteiger partial charge is 0.337 e. The Balaban J connectivity index is 1.53. The molecule has 0 aliphatic rings. The molecule has 0 atom stereocenters. The summed E-state index contributed by atoms with van der Waals surface area (Å²) in [7, 11) is 0. The van der Waals surface area contributed by atoms with Crippen LogP contribution in [-0.4, -0.2) is 0 Å². The minimum absolute atomic E-state index is 0.808. The number of hydrogen-bond acceptors (Lipinski definition) is 2. The highest BCUT2D eigenvalue weighted by atomic mass is 15.2. The zero-order chi connectivity index (χ0) is 25.8. The van der Waals surface area contributed by atoms with E-state index >= 15 is 0 Å². The topological polar surface area (TPSA) is 6.48 Å². The van der Waals surface area contributed by atoms with Gasteiger partial charge in [-0.15, -0.1) is 0 Å². The van der Waals surface area contributed by atoms with E-state index in [4.69, 9.17) is 0 Å². The van der Waals surface area contributed by atoms with Crippen LogP contribution >= 0.6 is 0 Å². The van der Waals surface area contributed by atoms with E-state index in [9.17, 15) is 0 Å². The summed E-state index contributed by atoms with van der Waals surface area (Å²) < 4.78 is 0. The lowest BCUT2D eigenvalue weighted by molar-refractivity contribution is 0.973. The molecule has 0 heterocycles. The first-order chi connectivity index (χ1) is 18.0. The van der Waals surface area contributed by atoms with E-state index in [1.807, 2.05) is 0 Å². The summed E-state index contributed by atoms with van der Waals surface area (Å²) in [5, 5.41) is 0. The molecular formula is C35H34N2. The van der Waals surface area contributed by atoms with E-state index in [0.717, 1.165) is 23.6 Å². The molecule has 0 saturated carbocycles. The average Bonchev–Trinajstić information content (AvgIpc) is 2.92. The van der Waals surface area contributed by atoms with E-state index in [1.54, 1.807) is 0 Å². The van der Waals surface area contributed by atoms with Crippen LogP contribution in [-0.2, 0) is 6.54 Å². The molecule has 2 nitrogen and oxygen atoms in total. The fourth-order valence-electron chi connectivity index (χ4n) is 4.55.